The third-order valence-corrected chi connectivity index (χ3v) is 7.81. The Hall–Kier alpha value is -2.54. The number of carbonyl (C=O) groups is 4. The van der Waals surface area contributed by atoms with Gasteiger partial charge >= 0.3 is 26.7 Å². The highest BCUT2D eigenvalue weighted by molar-refractivity contribution is 6.60. The van der Waals surface area contributed by atoms with Crippen LogP contribution in [0.5, 0.6) is 0 Å². The largest absolute Gasteiger partial charge is 0.500 e. The summed E-state index contributed by atoms with van der Waals surface area (Å²) in [5.41, 5.74) is 0.355. The molecule has 0 bridgehead atoms. The molecule has 1 N–H and O–H groups in total. The van der Waals surface area contributed by atoms with E-state index in [9.17, 15) is 19.2 Å². The maximum absolute atomic E-state index is 12.2. The molecule has 0 heterocycles. The summed E-state index contributed by atoms with van der Waals surface area (Å²) in [6.45, 7) is 16.8. The van der Waals surface area contributed by atoms with Crippen molar-refractivity contribution in [3.05, 3.63) is 24.3 Å². The molecule has 1 amide bonds. The molecule has 0 spiro atoms. The zero-order valence-electron chi connectivity index (χ0n) is 22.9. The van der Waals surface area contributed by atoms with Crippen molar-refractivity contribution in [2.75, 3.05) is 39.6 Å². The van der Waals surface area contributed by atoms with Gasteiger partial charge in [0.1, 0.15) is 13.2 Å². The monoisotopic (exact) mass is 545 g/mol. The first-order valence-electron chi connectivity index (χ1n) is 12.5. The van der Waals surface area contributed by atoms with Crippen LogP contribution in [0, 0.1) is 0 Å². The molecule has 0 saturated carbocycles. The standard InChI is InChI=1S/C25H43NO10Si/c1-8-33-37(34-9-2,35-10-3)16-12-15-26-22(27)13-11-14-23(28)36-21(17-31-24(29)19(4)5)18-32-25(30)20(6)7/h21H,4,6,8-18H2,1-3,5,7H3,(H,26,27). The molecule has 37 heavy (non-hydrogen) atoms. The van der Waals surface area contributed by atoms with E-state index in [0.29, 0.717) is 38.8 Å². The maximum Gasteiger partial charge on any atom is 0.500 e. The molecule has 212 valence electrons. The average Bonchev–Trinajstić information content (AvgIpc) is 2.83. The fourth-order valence-corrected chi connectivity index (χ4v) is 5.57. The summed E-state index contributed by atoms with van der Waals surface area (Å²) >= 11 is 0. The molecule has 0 unspecified atom stereocenters. The van der Waals surface area contributed by atoms with Crippen LogP contribution in [0.15, 0.2) is 24.3 Å². The number of rotatable bonds is 21. The first-order chi connectivity index (χ1) is 17.5. The molecule has 11 nitrogen and oxygen atoms in total. The SMILES string of the molecule is C=C(C)C(=O)OCC(COC(=O)C(=C)C)OC(=O)CCCC(=O)NCCC[Si](OCC)(OCC)OCC. The predicted octanol–water partition coefficient (Wildman–Crippen LogP) is 2.86. The van der Waals surface area contributed by atoms with Crippen LogP contribution in [-0.4, -0.2) is 78.3 Å². The molecule has 0 aliphatic carbocycles. The highest BCUT2D eigenvalue weighted by atomic mass is 28.4. The van der Waals surface area contributed by atoms with Crippen LogP contribution < -0.4 is 5.32 Å². The van der Waals surface area contributed by atoms with E-state index in [1.807, 2.05) is 20.8 Å². The quantitative estimate of drug-likeness (QED) is 0.0754. The van der Waals surface area contributed by atoms with Gasteiger partial charge in [0.15, 0.2) is 6.10 Å². The Morgan fingerprint density at radius 1 is 0.784 bits per heavy atom. The van der Waals surface area contributed by atoms with Crippen molar-refractivity contribution >= 4 is 32.6 Å². The molecule has 0 aliphatic rings. The van der Waals surface area contributed by atoms with E-state index in [2.05, 4.69) is 18.5 Å². The van der Waals surface area contributed by atoms with Crippen LogP contribution in [0.2, 0.25) is 6.04 Å². The van der Waals surface area contributed by atoms with Gasteiger partial charge in [-0.15, -0.1) is 0 Å². The molecular formula is C25H43NO10Si. The minimum absolute atomic E-state index is 0.0399. The number of ether oxygens (including phenoxy) is 3. The molecule has 0 atom stereocenters. The van der Waals surface area contributed by atoms with Gasteiger partial charge < -0.3 is 32.8 Å². The fourth-order valence-electron chi connectivity index (χ4n) is 2.96. The van der Waals surface area contributed by atoms with Crippen molar-refractivity contribution < 1.29 is 46.7 Å². The summed E-state index contributed by atoms with van der Waals surface area (Å²) in [6.07, 6.45) is -0.0299. The molecule has 0 rings (SSSR count). The molecule has 0 fully saturated rings. The maximum atomic E-state index is 12.2. The van der Waals surface area contributed by atoms with E-state index in [1.54, 1.807) is 0 Å². The van der Waals surface area contributed by atoms with Crippen LogP contribution in [0.25, 0.3) is 0 Å². The van der Waals surface area contributed by atoms with Gasteiger partial charge in [0.25, 0.3) is 0 Å². The molecule has 0 radical (unpaired) electrons. The van der Waals surface area contributed by atoms with E-state index >= 15 is 0 Å². The summed E-state index contributed by atoms with van der Waals surface area (Å²) in [4.78, 5) is 47.7. The van der Waals surface area contributed by atoms with Crippen molar-refractivity contribution in [3.8, 4) is 0 Å². The van der Waals surface area contributed by atoms with Gasteiger partial charge in [0.2, 0.25) is 5.91 Å². The number of amides is 1. The summed E-state index contributed by atoms with van der Waals surface area (Å²) in [5.74, 6) is -2.14. The summed E-state index contributed by atoms with van der Waals surface area (Å²) in [6, 6.07) is 0.586. The number of hydrogen-bond donors (Lipinski definition) is 1. The van der Waals surface area contributed by atoms with Gasteiger partial charge in [-0.2, -0.15) is 0 Å². The molecule has 0 aromatic heterocycles. The lowest BCUT2D eigenvalue weighted by Crippen LogP contribution is -2.46. The lowest BCUT2D eigenvalue weighted by Gasteiger charge is -2.28. The normalized spacial score (nSPS) is 11.1. The second kappa shape index (κ2) is 19.6. The van der Waals surface area contributed by atoms with E-state index in [4.69, 9.17) is 27.5 Å². The van der Waals surface area contributed by atoms with Crippen molar-refractivity contribution in [1.82, 2.24) is 5.32 Å². The molecule has 12 heteroatoms. The van der Waals surface area contributed by atoms with Crippen LogP contribution in [-0.2, 0) is 46.7 Å². The Morgan fingerprint density at radius 3 is 1.70 bits per heavy atom. The highest BCUT2D eigenvalue weighted by Gasteiger charge is 2.39. The lowest BCUT2D eigenvalue weighted by atomic mass is 10.2. The van der Waals surface area contributed by atoms with Gasteiger partial charge in [-0.3, -0.25) is 9.59 Å². The van der Waals surface area contributed by atoms with Crippen molar-refractivity contribution in [3.63, 3.8) is 0 Å². The van der Waals surface area contributed by atoms with E-state index in [0.717, 1.165) is 0 Å². The minimum atomic E-state index is -2.75. The third kappa shape index (κ3) is 16.0. The smallest absolute Gasteiger partial charge is 0.458 e. The number of carbonyl (C=O) groups excluding carboxylic acids is 4. The van der Waals surface area contributed by atoms with Crippen LogP contribution in [0.1, 0.15) is 60.3 Å². The van der Waals surface area contributed by atoms with Gasteiger partial charge in [-0.05, 0) is 47.5 Å². The summed E-state index contributed by atoms with van der Waals surface area (Å²) < 4.78 is 32.7. The minimum Gasteiger partial charge on any atom is -0.458 e. The van der Waals surface area contributed by atoms with Crippen LogP contribution >= 0.6 is 0 Å². The second-order valence-electron chi connectivity index (χ2n) is 8.16. The van der Waals surface area contributed by atoms with Crippen molar-refractivity contribution in [2.45, 2.75) is 72.5 Å². The van der Waals surface area contributed by atoms with E-state index in [1.165, 1.54) is 13.8 Å². The van der Waals surface area contributed by atoms with Gasteiger partial charge in [0.05, 0.1) is 0 Å². The Balaban J connectivity index is 4.52. The average molecular weight is 546 g/mol. The molecule has 0 aromatic carbocycles. The van der Waals surface area contributed by atoms with E-state index < -0.39 is 32.8 Å². The Bertz CT molecular complexity index is 724. The van der Waals surface area contributed by atoms with Crippen molar-refractivity contribution in [1.29, 1.82) is 0 Å². The Labute approximate surface area is 221 Å². The number of nitrogens with one attached hydrogen (secondary N) is 1. The molecular weight excluding hydrogens is 502 g/mol. The predicted molar refractivity (Wildman–Crippen MR) is 138 cm³/mol. The zero-order chi connectivity index (χ0) is 28.3. The highest BCUT2D eigenvalue weighted by Crippen LogP contribution is 2.17. The molecule has 0 saturated heterocycles. The zero-order valence-corrected chi connectivity index (χ0v) is 23.9. The van der Waals surface area contributed by atoms with E-state index in [-0.39, 0.29) is 49.5 Å². The number of hydrogen-bond acceptors (Lipinski definition) is 10. The van der Waals surface area contributed by atoms with Gasteiger partial charge in [-0.1, -0.05) is 13.2 Å². The second-order valence-corrected chi connectivity index (χ2v) is 10.9. The van der Waals surface area contributed by atoms with Crippen molar-refractivity contribution in [2.24, 2.45) is 0 Å². The van der Waals surface area contributed by atoms with Crippen LogP contribution in [0.4, 0.5) is 0 Å². The first kappa shape index (κ1) is 34.5. The van der Waals surface area contributed by atoms with Gasteiger partial charge in [-0.25, -0.2) is 9.59 Å². The van der Waals surface area contributed by atoms with Crippen LogP contribution in [0.3, 0.4) is 0 Å². The van der Waals surface area contributed by atoms with Gasteiger partial charge in [0, 0.05) is 56.4 Å². The first-order valence-corrected chi connectivity index (χ1v) is 14.5. The molecule has 0 aliphatic heterocycles. The number of esters is 3. The summed E-state index contributed by atoms with van der Waals surface area (Å²) in [5, 5.41) is 2.82. The fraction of sp³-hybridized carbons (Fsp3) is 0.680. The Morgan fingerprint density at radius 2 is 1.27 bits per heavy atom. The Kier molecular flexibility index (Phi) is 18.2. The lowest BCUT2D eigenvalue weighted by molar-refractivity contribution is -0.164. The summed E-state index contributed by atoms with van der Waals surface area (Å²) in [7, 11) is -2.75. The third-order valence-electron chi connectivity index (χ3n) is 4.66. The topological polar surface area (TPSA) is 136 Å². The molecule has 0 aromatic rings.